The minimum Gasteiger partial charge on any atom is -0.493 e. The van der Waals surface area contributed by atoms with Crippen molar-refractivity contribution < 1.29 is 9.94 Å². The highest BCUT2D eigenvalue weighted by atomic mass is 32.2. The van der Waals surface area contributed by atoms with Crippen molar-refractivity contribution in [2.24, 2.45) is 12.2 Å². The molecular formula is C12H19N3O2S. The lowest BCUT2D eigenvalue weighted by Crippen LogP contribution is -2.18. The fourth-order valence-electron chi connectivity index (χ4n) is 1.88. The van der Waals surface area contributed by atoms with Gasteiger partial charge in [0.1, 0.15) is 10.6 Å². The maximum Gasteiger partial charge on any atom is 0.213 e. The number of thioether (sulfide) groups is 1. The zero-order chi connectivity index (χ0) is 13.3. The molecule has 1 aromatic heterocycles. The third-order valence-corrected chi connectivity index (χ3v) is 3.87. The van der Waals surface area contributed by atoms with Gasteiger partial charge >= 0.3 is 0 Å². The molecule has 2 rings (SSSR count). The van der Waals surface area contributed by atoms with Gasteiger partial charge in [-0.25, -0.2) is 4.68 Å². The standard InChI is InChI=1S/C12H19N3O2S/c1-5-9-8(11(16)15(4)13-9)7-18-10-6-12(2,3)17-14-10/h16H,5-7H2,1-4H3. The first-order chi connectivity index (χ1) is 8.43. The van der Waals surface area contributed by atoms with Gasteiger partial charge < -0.3 is 9.94 Å². The summed E-state index contributed by atoms with van der Waals surface area (Å²) in [5.74, 6) is 0.930. The van der Waals surface area contributed by atoms with E-state index in [1.807, 2.05) is 20.8 Å². The van der Waals surface area contributed by atoms with Crippen molar-refractivity contribution in [3.8, 4) is 5.88 Å². The molecule has 1 aliphatic rings. The van der Waals surface area contributed by atoms with E-state index in [9.17, 15) is 5.11 Å². The van der Waals surface area contributed by atoms with Crippen LogP contribution in [-0.4, -0.2) is 25.5 Å². The molecule has 1 aromatic rings. The van der Waals surface area contributed by atoms with Crippen LogP contribution in [0.25, 0.3) is 0 Å². The fraction of sp³-hybridized carbons (Fsp3) is 0.667. The van der Waals surface area contributed by atoms with Crippen molar-refractivity contribution in [1.82, 2.24) is 9.78 Å². The molecule has 0 saturated carbocycles. The maximum atomic E-state index is 9.94. The lowest BCUT2D eigenvalue weighted by molar-refractivity contribution is 0.0123. The number of hydrogen-bond acceptors (Lipinski definition) is 5. The van der Waals surface area contributed by atoms with E-state index in [0.717, 1.165) is 29.1 Å². The lowest BCUT2D eigenvalue weighted by Gasteiger charge is -2.13. The fourth-order valence-corrected chi connectivity index (χ4v) is 3.03. The number of aryl methyl sites for hydroxylation is 2. The number of hydrogen-bond donors (Lipinski definition) is 1. The van der Waals surface area contributed by atoms with Crippen molar-refractivity contribution in [3.63, 3.8) is 0 Å². The molecule has 0 saturated heterocycles. The molecule has 0 spiro atoms. The first-order valence-corrected chi connectivity index (χ1v) is 7.03. The van der Waals surface area contributed by atoms with Gasteiger partial charge in [-0.15, -0.1) is 11.8 Å². The highest BCUT2D eigenvalue weighted by Crippen LogP contribution is 2.32. The Bertz CT molecular complexity index is 480. The third-order valence-electron chi connectivity index (χ3n) is 2.89. The Morgan fingerprint density at radius 2 is 2.22 bits per heavy atom. The summed E-state index contributed by atoms with van der Waals surface area (Å²) in [6, 6.07) is 0. The van der Waals surface area contributed by atoms with E-state index in [-0.39, 0.29) is 11.5 Å². The van der Waals surface area contributed by atoms with E-state index in [2.05, 4.69) is 10.3 Å². The topological polar surface area (TPSA) is 59.6 Å². The Balaban J connectivity index is 2.03. The van der Waals surface area contributed by atoms with Gasteiger partial charge in [-0.1, -0.05) is 12.1 Å². The van der Waals surface area contributed by atoms with E-state index in [1.54, 1.807) is 18.8 Å². The quantitative estimate of drug-likeness (QED) is 0.915. The van der Waals surface area contributed by atoms with Gasteiger partial charge in [0.2, 0.25) is 5.88 Å². The van der Waals surface area contributed by atoms with Crippen LogP contribution in [-0.2, 0) is 24.1 Å². The summed E-state index contributed by atoms with van der Waals surface area (Å²) in [6.07, 6.45) is 1.64. The Hall–Kier alpha value is -1.17. The zero-order valence-electron chi connectivity index (χ0n) is 11.2. The van der Waals surface area contributed by atoms with E-state index in [0.29, 0.717) is 5.75 Å². The molecule has 100 valence electrons. The van der Waals surface area contributed by atoms with Crippen LogP contribution in [0, 0.1) is 0 Å². The molecule has 0 aliphatic carbocycles. The molecule has 1 aliphatic heterocycles. The molecule has 5 nitrogen and oxygen atoms in total. The Kier molecular flexibility index (Phi) is 3.56. The minimum atomic E-state index is -0.201. The molecule has 6 heteroatoms. The zero-order valence-corrected chi connectivity index (χ0v) is 12.0. The summed E-state index contributed by atoms with van der Waals surface area (Å²) in [7, 11) is 1.75. The SMILES string of the molecule is CCc1nn(C)c(O)c1CSC1=NOC(C)(C)C1. The van der Waals surface area contributed by atoms with E-state index in [4.69, 9.17) is 4.84 Å². The van der Waals surface area contributed by atoms with Crippen LogP contribution in [0.5, 0.6) is 5.88 Å². The van der Waals surface area contributed by atoms with Gasteiger partial charge in [-0.05, 0) is 20.3 Å². The van der Waals surface area contributed by atoms with Crippen LogP contribution in [0.3, 0.4) is 0 Å². The third kappa shape index (κ3) is 2.63. The van der Waals surface area contributed by atoms with Crippen molar-refractivity contribution in [2.75, 3.05) is 0 Å². The van der Waals surface area contributed by atoms with Crippen LogP contribution in [0.2, 0.25) is 0 Å². The molecular weight excluding hydrogens is 250 g/mol. The second-order valence-corrected chi connectivity index (χ2v) is 6.08. The molecule has 0 unspecified atom stereocenters. The van der Waals surface area contributed by atoms with Crippen molar-refractivity contribution >= 4 is 16.8 Å². The van der Waals surface area contributed by atoms with E-state index < -0.39 is 0 Å². The summed E-state index contributed by atoms with van der Waals surface area (Å²) in [5.41, 5.74) is 1.64. The lowest BCUT2D eigenvalue weighted by atomic mass is 10.1. The number of oxime groups is 1. The predicted molar refractivity (Wildman–Crippen MR) is 72.8 cm³/mol. The molecule has 0 amide bonds. The number of aromatic hydroxyl groups is 1. The van der Waals surface area contributed by atoms with Gasteiger partial charge in [-0.3, -0.25) is 0 Å². The highest BCUT2D eigenvalue weighted by Gasteiger charge is 2.29. The molecule has 0 atom stereocenters. The smallest absolute Gasteiger partial charge is 0.213 e. The Labute approximate surface area is 111 Å². The Morgan fingerprint density at radius 3 is 2.78 bits per heavy atom. The molecule has 2 heterocycles. The van der Waals surface area contributed by atoms with Crippen LogP contribution >= 0.6 is 11.8 Å². The molecule has 0 bridgehead atoms. The van der Waals surface area contributed by atoms with Gasteiger partial charge in [0.25, 0.3) is 0 Å². The van der Waals surface area contributed by atoms with E-state index >= 15 is 0 Å². The normalized spacial score (nSPS) is 17.7. The first kappa shape index (κ1) is 13.3. The van der Waals surface area contributed by atoms with Gasteiger partial charge in [-0.2, -0.15) is 5.10 Å². The van der Waals surface area contributed by atoms with Crippen LogP contribution < -0.4 is 0 Å². The van der Waals surface area contributed by atoms with Gasteiger partial charge in [0.15, 0.2) is 0 Å². The van der Waals surface area contributed by atoms with Crippen molar-refractivity contribution in [2.45, 2.75) is 45.0 Å². The minimum absolute atomic E-state index is 0.201. The van der Waals surface area contributed by atoms with Crippen LogP contribution in [0.1, 0.15) is 38.4 Å². The summed E-state index contributed by atoms with van der Waals surface area (Å²) in [4.78, 5) is 5.32. The summed E-state index contributed by atoms with van der Waals surface area (Å²) < 4.78 is 1.52. The largest absolute Gasteiger partial charge is 0.493 e. The van der Waals surface area contributed by atoms with Gasteiger partial charge in [0.05, 0.1) is 5.69 Å². The molecule has 0 aromatic carbocycles. The van der Waals surface area contributed by atoms with Gasteiger partial charge in [0, 0.05) is 24.8 Å². The molecule has 0 radical (unpaired) electrons. The summed E-state index contributed by atoms with van der Waals surface area (Å²) >= 11 is 1.61. The molecule has 1 N–H and O–H groups in total. The summed E-state index contributed by atoms with van der Waals surface area (Å²) in [6.45, 7) is 6.07. The maximum absolute atomic E-state index is 9.94. The highest BCUT2D eigenvalue weighted by molar-refractivity contribution is 8.13. The number of aromatic nitrogens is 2. The monoisotopic (exact) mass is 269 g/mol. The molecule has 18 heavy (non-hydrogen) atoms. The molecule has 0 fully saturated rings. The average Bonchev–Trinajstić information content (AvgIpc) is 2.78. The average molecular weight is 269 g/mol. The van der Waals surface area contributed by atoms with Crippen molar-refractivity contribution in [1.29, 1.82) is 0 Å². The Morgan fingerprint density at radius 1 is 1.50 bits per heavy atom. The first-order valence-electron chi connectivity index (χ1n) is 6.04. The predicted octanol–water partition coefficient (Wildman–Crippen LogP) is 2.43. The van der Waals surface area contributed by atoms with Crippen LogP contribution in [0.4, 0.5) is 0 Å². The summed E-state index contributed by atoms with van der Waals surface area (Å²) in [5, 5.41) is 19.3. The second-order valence-electron chi connectivity index (χ2n) is 5.03. The number of nitrogens with zero attached hydrogens (tertiary/aromatic N) is 3. The van der Waals surface area contributed by atoms with E-state index in [1.165, 1.54) is 4.68 Å². The van der Waals surface area contributed by atoms with Crippen LogP contribution in [0.15, 0.2) is 5.16 Å². The van der Waals surface area contributed by atoms with Crippen molar-refractivity contribution in [3.05, 3.63) is 11.3 Å². The number of rotatable bonds is 3. The second kappa shape index (κ2) is 4.84.